The van der Waals surface area contributed by atoms with Crippen molar-refractivity contribution in [1.29, 1.82) is 0 Å². The summed E-state index contributed by atoms with van der Waals surface area (Å²) in [5.41, 5.74) is 1.20. The van der Waals surface area contributed by atoms with E-state index in [1.54, 1.807) is 26.2 Å². The minimum Gasteiger partial charge on any atom is -0.496 e. The van der Waals surface area contributed by atoms with Crippen molar-refractivity contribution in [2.45, 2.75) is 20.4 Å². The summed E-state index contributed by atoms with van der Waals surface area (Å²) < 4.78 is 6.34. The van der Waals surface area contributed by atoms with Gasteiger partial charge in [-0.1, -0.05) is 0 Å². The molecule has 0 unspecified atom stereocenters. The summed E-state index contributed by atoms with van der Waals surface area (Å²) in [6.45, 7) is 3.93. The fourth-order valence-electron chi connectivity index (χ4n) is 2.09. The van der Waals surface area contributed by atoms with Crippen molar-refractivity contribution in [3.63, 3.8) is 0 Å². The van der Waals surface area contributed by atoms with Crippen LogP contribution in [0.15, 0.2) is 29.1 Å². The van der Waals surface area contributed by atoms with Gasteiger partial charge in [0.15, 0.2) is 0 Å². The molecule has 1 N–H and O–H groups in total. The van der Waals surface area contributed by atoms with Crippen LogP contribution in [0.4, 0.5) is 0 Å². The third-order valence-electron chi connectivity index (χ3n) is 3.19. The highest BCUT2D eigenvalue weighted by atomic mass is 16.5. The highest BCUT2D eigenvalue weighted by Crippen LogP contribution is 2.24. The average molecular weight is 288 g/mol. The summed E-state index contributed by atoms with van der Waals surface area (Å²) in [6.07, 6.45) is 0. The number of hydrogen-bond donors (Lipinski definition) is 1. The molecule has 0 radical (unpaired) electrons. The molecule has 1 heterocycles. The highest BCUT2D eigenvalue weighted by Gasteiger charge is 2.15. The van der Waals surface area contributed by atoms with Crippen LogP contribution in [-0.2, 0) is 6.54 Å². The molecule has 6 heteroatoms. The van der Waals surface area contributed by atoms with Crippen LogP contribution in [0.25, 0.3) is 11.3 Å². The zero-order valence-electron chi connectivity index (χ0n) is 12.1. The zero-order chi connectivity index (χ0) is 15.6. The molecule has 6 nitrogen and oxygen atoms in total. The number of aryl methyl sites for hydroxylation is 2. The van der Waals surface area contributed by atoms with Crippen LogP contribution in [0.2, 0.25) is 0 Å². The number of carboxylic acid groups (broad SMARTS) is 1. The lowest BCUT2D eigenvalue weighted by atomic mass is 10.1. The first kappa shape index (κ1) is 14.8. The van der Waals surface area contributed by atoms with E-state index in [-0.39, 0.29) is 5.56 Å². The van der Waals surface area contributed by atoms with Gasteiger partial charge >= 0.3 is 5.97 Å². The zero-order valence-corrected chi connectivity index (χ0v) is 12.1. The Morgan fingerprint density at radius 3 is 2.62 bits per heavy atom. The Morgan fingerprint density at radius 2 is 2.10 bits per heavy atom. The summed E-state index contributed by atoms with van der Waals surface area (Å²) >= 11 is 0. The standard InChI is InChI=1S/C15H16N2O4/c1-4-17-14(18)11(15(19)20)8-12(16-17)10-5-6-13(21-3)9(2)7-10/h5-8H,4H2,1-3H3,(H,19,20). The van der Waals surface area contributed by atoms with Gasteiger partial charge in [0.25, 0.3) is 5.56 Å². The topological polar surface area (TPSA) is 81.4 Å². The predicted molar refractivity (Wildman–Crippen MR) is 77.9 cm³/mol. The highest BCUT2D eigenvalue weighted by molar-refractivity contribution is 5.88. The van der Waals surface area contributed by atoms with Crippen LogP contribution < -0.4 is 10.3 Å². The van der Waals surface area contributed by atoms with Crippen molar-refractivity contribution in [3.05, 3.63) is 45.7 Å². The lowest BCUT2D eigenvalue weighted by Crippen LogP contribution is -2.28. The molecule has 2 rings (SSSR count). The summed E-state index contributed by atoms with van der Waals surface area (Å²) in [7, 11) is 1.58. The maximum atomic E-state index is 11.9. The molecular weight excluding hydrogens is 272 g/mol. The molecule has 0 saturated carbocycles. The molecule has 1 aromatic heterocycles. The van der Waals surface area contributed by atoms with E-state index < -0.39 is 11.5 Å². The molecule has 2 aromatic rings. The molecule has 0 atom stereocenters. The van der Waals surface area contributed by atoms with Gasteiger partial charge in [-0.3, -0.25) is 4.79 Å². The molecule has 1 aromatic carbocycles. The van der Waals surface area contributed by atoms with Crippen LogP contribution in [-0.4, -0.2) is 28.0 Å². The Morgan fingerprint density at radius 1 is 1.38 bits per heavy atom. The van der Waals surface area contributed by atoms with E-state index in [1.807, 2.05) is 13.0 Å². The second-order valence-electron chi connectivity index (χ2n) is 4.55. The van der Waals surface area contributed by atoms with E-state index in [0.717, 1.165) is 21.6 Å². The minimum absolute atomic E-state index is 0.282. The number of hydrogen-bond acceptors (Lipinski definition) is 4. The fraction of sp³-hybridized carbons (Fsp3) is 0.267. The molecule has 0 amide bonds. The molecule has 0 aliphatic carbocycles. The van der Waals surface area contributed by atoms with E-state index in [0.29, 0.717) is 12.2 Å². The fourth-order valence-corrected chi connectivity index (χ4v) is 2.09. The molecule has 0 aliphatic heterocycles. The van der Waals surface area contributed by atoms with E-state index in [9.17, 15) is 9.59 Å². The largest absolute Gasteiger partial charge is 0.496 e. The first-order valence-corrected chi connectivity index (χ1v) is 6.48. The molecule has 0 spiro atoms. The van der Waals surface area contributed by atoms with Crippen molar-refractivity contribution in [2.75, 3.05) is 7.11 Å². The quantitative estimate of drug-likeness (QED) is 0.929. The summed E-state index contributed by atoms with van der Waals surface area (Å²) in [5, 5.41) is 13.3. The first-order chi connectivity index (χ1) is 9.97. The van der Waals surface area contributed by atoms with Gasteiger partial charge in [0.2, 0.25) is 0 Å². The van der Waals surface area contributed by atoms with Crippen LogP contribution in [0.5, 0.6) is 5.75 Å². The Labute approximate surface area is 121 Å². The molecule has 21 heavy (non-hydrogen) atoms. The molecule has 0 saturated heterocycles. The van der Waals surface area contributed by atoms with Crippen molar-refractivity contribution in [3.8, 4) is 17.0 Å². The van der Waals surface area contributed by atoms with Crippen LogP contribution in [0.1, 0.15) is 22.8 Å². The van der Waals surface area contributed by atoms with Crippen molar-refractivity contribution >= 4 is 5.97 Å². The van der Waals surface area contributed by atoms with Gasteiger partial charge in [-0.05, 0) is 43.7 Å². The lowest BCUT2D eigenvalue weighted by Gasteiger charge is -2.09. The number of nitrogens with zero attached hydrogens (tertiary/aromatic N) is 2. The third kappa shape index (κ3) is 2.79. The van der Waals surface area contributed by atoms with Gasteiger partial charge in [-0.2, -0.15) is 5.10 Å². The number of rotatable bonds is 4. The second-order valence-corrected chi connectivity index (χ2v) is 4.55. The summed E-state index contributed by atoms with van der Waals surface area (Å²) in [6, 6.07) is 6.72. The number of carboxylic acids is 1. The van der Waals surface area contributed by atoms with Gasteiger partial charge in [-0.25, -0.2) is 9.48 Å². The van der Waals surface area contributed by atoms with Gasteiger partial charge in [0, 0.05) is 12.1 Å². The van der Waals surface area contributed by atoms with Crippen LogP contribution in [0, 0.1) is 6.92 Å². The van der Waals surface area contributed by atoms with E-state index >= 15 is 0 Å². The summed E-state index contributed by atoms with van der Waals surface area (Å²) in [4.78, 5) is 23.1. The Kier molecular flexibility index (Phi) is 4.07. The number of benzene rings is 1. The normalized spacial score (nSPS) is 10.4. The van der Waals surface area contributed by atoms with Gasteiger partial charge in [0.05, 0.1) is 12.8 Å². The van der Waals surface area contributed by atoms with E-state index in [2.05, 4.69) is 5.10 Å². The van der Waals surface area contributed by atoms with Crippen molar-refractivity contribution < 1.29 is 14.6 Å². The number of aromatic carboxylic acids is 1. The lowest BCUT2D eigenvalue weighted by molar-refractivity contribution is 0.0693. The Hall–Kier alpha value is -2.63. The number of carbonyl (C=O) groups is 1. The second kappa shape index (κ2) is 5.78. The maximum Gasteiger partial charge on any atom is 0.341 e. The molecule has 110 valence electrons. The van der Waals surface area contributed by atoms with Gasteiger partial charge < -0.3 is 9.84 Å². The summed E-state index contributed by atoms with van der Waals surface area (Å²) in [5.74, 6) is -0.517. The monoisotopic (exact) mass is 288 g/mol. The van der Waals surface area contributed by atoms with Crippen molar-refractivity contribution in [2.24, 2.45) is 0 Å². The molecular formula is C15H16N2O4. The molecule has 0 fully saturated rings. The third-order valence-corrected chi connectivity index (χ3v) is 3.19. The Balaban J connectivity index is 2.64. The average Bonchev–Trinajstić information content (AvgIpc) is 2.47. The van der Waals surface area contributed by atoms with E-state index in [4.69, 9.17) is 9.84 Å². The maximum absolute atomic E-state index is 11.9. The minimum atomic E-state index is -1.25. The molecule has 0 aliphatic rings. The smallest absolute Gasteiger partial charge is 0.341 e. The predicted octanol–water partition coefficient (Wildman–Crippen LogP) is 1.95. The number of aromatic nitrogens is 2. The van der Waals surface area contributed by atoms with Crippen molar-refractivity contribution in [1.82, 2.24) is 9.78 Å². The van der Waals surface area contributed by atoms with Gasteiger partial charge in [-0.15, -0.1) is 0 Å². The Bertz CT molecular complexity index is 750. The number of methoxy groups -OCH3 is 1. The first-order valence-electron chi connectivity index (χ1n) is 6.48. The molecule has 0 bridgehead atoms. The van der Waals surface area contributed by atoms with Crippen LogP contribution >= 0.6 is 0 Å². The van der Waals surface area contributed by atoms with Gasteiger partial charge in [0.1, 0.15) is 11.3 Å². The van der Waals surface area contributed by atoms with E-state index in [1.165, 1.54) is 6.07 Å². The SMILES string of the molecule is CCn1nc(-c2ccc(OC)c(C)c2)cc(C(=O)O)c1=O. The van der Waals surface area contributed by atoms with Crippen LogP contribution in [0.3, 0.4) is 0 Å². The number of ether oxygens (including phenoxy) is 1.